The predicted molar refractivity (Wildman–Crippen MR) is 140 cm³/mol. The standard InChI is InChI=1S/C29H28FN3O5/c1-37-25-11-10-18(14-26(25)38-2)13-23(31-28(35)21-6-3-4-7-22(21)30)29(36)32-15-19-12-20(17-32)24-8-5-9-27(34)33(24)16-19/h3-11,13-14,19-20H,12,15-17H2,1-2H3,(H,31,35)/b23-13-. The van der Waals surface area contributed by atoms with E-state index in [1.165, 1.54) is 32.4 Å². The van der Waals surface area contributed by atoms with Crippen molar-refractivity contribution in [3.8, 4) is 11.5 Å². The molecule has 2 amide bonds. The number of fused-ring (bicyclic) bond motifs is 4. The highest BCUT2D eigenvalue weighted by molar-refractivity contribution is 6.05. The number of amides is 2. The van der Waals surface area contributed by atoms with Gasteiger partial charge in [0.25, 0.3) is 17.4 Å². The van der Waals surface area contributed by atoms with Gasteiger partial charge < -0.3 is 24.3 Å². The molecule has 2 aromatic carbocycles. The summed E-state index contributed by atoms with van der Waals surface area (Å²) in [5, 5.41) is 2.64. The SMILES string of the molecule is COc1ccc(/C=C(\NC(=O)c2ccccc2F)C(=O)N2CC3CC(C2)c2cccc(=O)n2C3)cc1OC. The zero-order valence-electron chi connectivity index (χ0n) is 21.1. The van der Waals surface area contributed by atoms with Crippen LogP contribution in [0.5, 0.6) is 11.5 Å². The van der Waals surface area contributed by atoms with Crippen LogP contribution in [-0.2, 0) is 11.3 Å². The number of carbonyl (C=O) groups excluding carboxylic acids is 2. The number of hydrogen-bond donors (Lipinski definition) is 1. The number of aromatic nitrogens is 1. The molecule has 2 atom stereocenters. The van der Waals surface area contributed by atoms with Crippen molar-refractivity contribution in [2.75, 3.05) is 27.3 Å². The van der Waals surface area contributed by atoms with Crippen LogP contribution in [0.1, 0.15) is 34.0 Å². The lowest BCUT2D eigenvalue weighted by Gasteiger charge is -2.43. The Labute approximate surface area is 219 Å². The highest BCUT2D eigenvalue weighted by atomic mass is 19.1. The number of methoxy groups -OCH3 is 2. The molecule has 1 saturated heterocycles. The minimum atomic E-state index is -0.725. The summed E-state index contributed by atoms with van der Waals surface area (Å²) >= 11 is 0. The van der Waals surface area contributed by atoms with Gasteiger partial charge in [0.05, 0.1) is 19.8 Å². The van der Waals surface area contributed by atoms with Gasteiger partial charge >= 0.3 is 0 Å². The first-order valence-electron chi connectivity index (χ1n) is 12.4. The third-order valence-corrected chi connectivity index (χ3v) is 7.08. The summed E-state index contributed by atoms with van der Waals surface area (Å²) in [6.07, 6.45) is 2.43. The second-order valence-corrected chi connectivity index (χ2v) is 9.51. The van der Waals surface area contributed by atoms with Crippen LogP contribution in [-0.4, -0.2) is 48.6 Å². The number of nitrogens with one attached hydrogen (secondary N) is 1. The first-order chi connectivity index (χ1) is 18.4. The van der Waals surface area contributed by atoms with Gasteiger partial charge in [0.15, 0.2) is 11.5 Å². The largest absolute Gasteiger partial charge is 0.493 e. The van der Waals surface area contributed by atoms with Crippen LogP contribution in [0.3, 0.4) is 0 Å². The quantitative estimate of drug-likeness (QED) is 0.506. The molecule has 3 heterocycles. The van der Waals surface area contributed by atoms with E-state index < -0.39 is 11.7 Å². The normalized spacial score (nSPS) is 18.4. The number of nitrogens with zero attached hydrogens (tertiary/aromatic N) is 2. The van der Waals surface area contributed by atoms with Crippen LogP contribution in [0.25, 0.3) is 6.08 Å². The number of rotatable bonds is 6. The minimum absolute atomic E-state index is 0.00458. The first-order valence-corrected chi connectivity index (χ1v) is 12.4. The molecule has 2 unspecified atom stereocenters. The number of piperidine rings is 1. The van der Waals surface area contributed by atoms with Gasteiger partial charge in [-0.15, -0.1) is 0 Å². The number of hydrogen-bond acceptors (Lipinski definition) is 5. The van der Waals surface area contributed by atoms with E-state index in [9.17, 15) is 18.8 Å². The molecule has 196 valence electrons. The highest BCUT2D eigenvalue weighted by Gasteiger charge is 2.37. The topological polar surface area (TPSA) is 89.9 Å². The zero-order valence-corrected chi connectivity index (χ0v) is 21.1. The lowest BCUT2D eigenvalue weighted by Crippen LogP contribution is -2.50. The van der Waals surface area contributed by atoms with E-state index in [1.54, 1.807) is 51.9 Å². The number of likely N-dealkylation sites (tertiary alicyclic amines) is 1. The molecule has 1 fully saturated rings. The molecule has 0 radical (unpaired) electrons. The summed E-state index contributed by atoms with van der Waals surface area (Å²) in [6.45, 7) is 1.37. The maximum Gasteiger partial charge on any atom is 0.270 e. The van der Waals surface area contributed by atoms with E-state index in [1.807, 2.05) is 6.07 Å². The Morgan fingerprint density at radius 2 is 1.76 bits per heavy atom. The Balaban J connectivity index is 1.48. The van der Waals surface area contributed by atoms with Gasteiger partial charge in [-0.25, -0.2) is 4.39 Å². The summed E-state index contributed by atoms with van der Waals surface area (Å²) in [5.74, 6) is -0.700. The maximum atomic E-state index is 14.4. The third-order valence-electron chi connectivity index (χ3n) is 7.08. The predicted octanol–water partition coefficient (Wildman–Crippen LogP) is 3.42. The van der Waals surface area contributed by atoms with Crippen LogP contribution in [0.2, 0.25) is 0 Å². The Morgan fingerprint density at radius 3 is 2.53 bits per heavy atom. The fraction of sp³-hybridized carbons (Fsp3) is 0.276. The second-order valence-electron chi connectivity index (χ2n) is 9.51. The molecule has 1 N–H and O–H groups in total. The number of halogens is 1. The van der Waals surface area contributed by atoms with E-state index in [2.05, 4.69) is 5.32 Å². The molecule has 2 aliphatic rings. The molecule has 1 aromatic heterocycles. The van der Waals surface area contributed by atoms with E-state index in [0.29, 0.717) is 36.7 Å². The number of pyridine rings is 1. The van der Waals surface area contributed by atoms with E-state index in [0.717, 1.165) is 12.1 Å². The van der Waals surface area contributed by atoms with E-state index >= 15 is 0 Å². The van der Waals surface area contributed by atoms with Crippen LogP contribution < -0.4 is 20.3 Å². The van der Waals surface area contributed by atoms with Crippen LogP contribution >= 0.6 is 0 Å². The molecule has 8 nitrogen and oxygen atoms in total. The van der Waals surface area contributed by atoms with Crippen molar-refractivity contribution in [1.82, 2.24) is 14.8 Å². The van der Waals surface area contributed by atoms with Gasteiger partial charge in [0.2, 0.25) is 0 Å². The van der Waals surface area contributed by atoms with Crippen molar-refractivity contribution in [3.05, 3.63) is 99.4 Å². The monoisotopic (exact) mass is 517 g/mol. The van der Waals surface area contributed by atoms with Crippen molar-refractivity contribution in [1.29, 1.82) is 0 Å². The first kappa shape index (κ1) is 25.3. The van der Waals surface area contributed by atoms with Gasteiger partial charge in [-0.1, -0.05) is 24.3 Å². The van der Waals surface area contributed by atoms with Gasteiger partial charge in [-0.3, -0.25) is 14.4 Å². The molecule has 3 aromatic rings. The highest BCUT2D eigenvalue weighted by Crippen LogP contribution is 2.35. The van der Waals surface area contributed by atoms with E-state index in [4.69, 9.17) is 9.47 Å². The number of ether oxygens (including phenoxy) is 2. The summed E-state index contributed by atoms with van der Waals surface area (Å²) in [4.78, 5) is 41.0. The molecular weight excluding hydrogens is 489 g/mol. The molecule has 0 spiro atoms. The van der Waals surface area contributed by atoms with Crippen LogP contribution in [0.4, 0.5) is 4.39 Å². The van der Waals surface area contributed by atoms with Crippen molar-refractivity contribution >= 4 is 17.9 Å². The number of benzene rings is 2. The van der Waals surface area contributed by atoms with Crippen molar-refractivity contribution < 1.29 is 23.5 Å². The summed E-state index contributed by atoms with van der Waals surface area (Å²) in [6, 6.07) is 16.0. The average molecular weight is 518 g/mol. The average Bonchev–Trinajstić information content (AvgIpc) is 2.93. The smallest absolute Gasteiger partial charge is 0.270 e. The fourth-order valence-electron chi connectivity index (χ4n) is 5.33. The van der Waals surface area contributed by atoms with Gasteiger partial charge in [-0.05, 0) is 54.3 Å². The molecule has 38 heavy (non-hydrogen) atoms. The Kier molecular flexibility index (Phi) is 7.00. The lowest BCUT2D eigenvalue weighted by atomic mass is 9.83. The van der Waals surface area contributed by atoms with Gasteiger partial charge in [0, 0.05) is 37.3 Å². The second kappa shape index (κ2) is 10.5. The van der Waals surface area contributed by atoms with Crippen molar-refractivity contribution in [2.24, 2.45) is 5.92 Å². The molecule has 2 aliphatic heterocycles. The third kappa shape index (κ3) is 4.91. The lowest BCUT2D eigenvalue weighted by molar-refractivity contribution is -0.130. The Morgan fingerprint density at radius 1 is 0.974 bits per heavy atom. The Hall–Kier alpha value is -4.40. The summed E-state index contributed by atoms with van der Waals surface area (Å²) in [5.41, 5.74) is 1.31. The molecular formula is C29H28FN3O5. The molecule has 9 heteroatoms. The molecule has 5 rings (SSSR count). The molecule has 0 aliphatic carbocycles. The molecule has 2 bridgehead atoms. The fourth-order valence-corrected chi connectivity index (χ4v) is 5.33. The minimum Gasteiger partial charge on any atom is -0.493 e. The zero-order chi connectivity index (χ0) is 26.8. The van der Waals surface area contributed by atoms with Crippen molar-refractivity contribution in [3.63, 3.8) is 0 Å². The van der Waals surface area contributed by atoms with Crippen molar-refractivity contribution in [2.45, 2.75) is 18.9 Å². The summed E-state index contributed by atoms with van der Waals surface area (Å²) < 4.78 is 26.8. The number of carbonyl (C=O) groups is 2. The van der Waals surface area contributed by atoms with Gasteiger partial charge in [0.1, 0.15) is 11.5 Å². The van der Waals surface area contributed by atoms with Gasteiger partial charge in [-0.2, -0.15) is 0 Å². The van der Waals surface area contributed by atoms with E-state index in [-0.39, 0.29) is 34.6 Å². The van der Waals surface area contributed by atoms with Crippen LogP contribution in [0, 0.1) is 11.7 Å². The van der Waals surface area contributed by atoms with Crippen LogP contribution in [0.15, 0.2) is 71.2 Å². The Bertz CT molecular complexity index is 1480. The molecule has 0 saturated carbocycles. The summed E-state index contributed by atoms with van der Waals surface area (Å²) in [7, 11) is 3.03. The maximum absolute atomic E-state index is 14.4.